The van der Waals surface area contributed by atoms with Crippen molar-refractivity contribution >= 4 is 22.5 Å². The van der Waals surface area contributed by atoms with Crippen molar-refractivity contribution in [2.24, 2.45) is 5.92 Å². The molecule has 1 aliphatic rings. The molecule has 3 aromatic rings. The van der Waals surface area contributed by atoms with Crippen molar-refractivity contribution in [2.75, 3.05) is 5.32 Å². The molecule has 1 atom stereocenters. The maximum Gasteiger partial charge on any atom is 0.255 e. The Morgan fingerprint density at radius 3 is 2.88 bits per heavy atom. The van der Waals surface area contributed by atoms with Crippen LogP contribution in [0.15, 0.2) is 42.5 Å². The van der Waals surface area contributed by atoms with Gasteiger partial charge in [0.05, 0.1) is 0 Å². The molecule has 0 fully saturated rings. The summed E-state index contributed by atoms with van der Waals surface area (Å²) in [6, 6.07) is 13.8. The van der Waals surface area contributed by atoms with Gasteiger partial charge < -0.3 is 10.3 Å². The molecular weight excluding hydrogens is 296 g/mol. The number of carbonyl (C=O) groups excluding carboxylic acids is 1. The third kappa shape index (κ3) is 2.60. The van der Waals surface area contributed by atoms with E-state index in [1.165, 1.54) is 23.1 Å². The lowest BCUT2D eigenvalue weighted by molar-refractivity contribution is 0.102. The summed E-state index contributed by atoms with van der Waals surface area (Å²) < 4.78 is 0. The molecule has 0 saturated carbocycles. The number of fused-ring (bicyclic) bond motifs is 3. The molecular formula is C21H22N2O. The second-order valence-electron chi connectivity index (χ2n) is 6.96. The Balaban J connectivity index is 1.68. The Kier molecular flexibility index (Phi) is 3.64. The number of carbonyl (C=O) groups is 1. The molecule has 0 aliphatic heterocycles. The molecule has 1 heterocycles. The fourth-order valence-electron chi connectivity index (χ4n) is 3.64. The highest BCUT2D eigenvalue weighted by Gasteiger charge is 2.20. The summed E-state index contributed by atoms with van der Waals surface area (Å²) in [5.74, 6) is 0.658. The molecule has 2 aromatic carbocycles. The number of benzene rings is 2. The van der Waals surface area contributed by atoms with Crippen molar-refractivity contribution in [3.05, 3.63) is 64.8 Å². The van der Waals surface area contributed by atoms with Crippen molar-refractivity contribution in [1.29, 1.82) is 0 Å². The van der Waals surface area contributed by atoms with E-state index in [0.29, 0.717) is 11.5 Å². The summed E-state index contributed by atoms with van der Waals surface area (Å²) in [5.41, 5.74) is 6.54. The van der Waals surface area contributed by atoms with Crippen LogP contribution in [0.1, 0.15) is 40.5 Å². The van der Waals surface area contributed by atoms with Gasteiger partial charge in [0.2, 0.25) is 0 Å². The highest BCUT2D eigenvalue weighted by molar-refractivity contribution is 6.07. The topological polar surface area (TPSA) is 44.9 Å². The highest BCUT2D eigenvalue weighted by atomic mass is 16.1. The van der Waals surface area contributed by atoms with Crippen LogP contribution in [0.4, 0.5) is 5.69 Å². The summed E-state index contributed by atoms with van der Waals surface area (Å²) in [7, 11) is 0. The van der Waals surface area contributed by atoms with E-state index >= 15 is 0 Å². The number of aryl methyl sites for hydroxylation is 2. The number of amides is 1. The van der Waals surface area contributed by atoms with Gasteiger partial charge in [-0.3, -0.25) is 4.79 Å². The summed E-state index contributed by atoms with van der Waals surface area (Å²) >= 11 is 0. The van der Waals surface area contributed by atoms with Gasteiger partial charge in [0.15, 0.2) is 0 Å². The molecule has 0 spiro atoms. The number of H-pyrrole nitrogens is 1. The monoisotopic (exact) mass is 318 g/mol. The minimum absolute atomic E-state index is 0.0509. The normalized spacial score (nSPS) is 16.8. The first-order valence-corrected chi connectivity index (χ1v) is 8.62. The number of aromatic nitrogens is 1. The zero-order chi connectivity index (χ0) is 16.7. The van der Waals surface area contributed by atoms with Crippen LogP contribution in [0.25, 0.3) is 10.9 Å². The van der Waals surface area contributed by atoms with Gasteiger partial charge in [-0.2, -0.15) is 0 Å². The summed E-state index contributed by atoms with van der Waals surface area (Å²) in [4.78, 5) is 16.2. The molecule has 1 aliphatic carbocycles. The second-order valence-corrected chi connectivity index (χ2v) is 6.96. The molecule has 0 saturated heterocycles. The number of nitrogens with one attached hydrogen (secondary N) is 2. The first-order chi connectivity index (χ1) is 11.6. The van der Waals surface area contributed by atoms with Crippen LogP contribution in [0, 0.1) is 12.8 Å². The lowest BCUT2D eigenvalue weighted by Crippen LogP contribution is -2.13. The first kappa shape index (κ1) is 15.0. The summed E-state index contributed by atoms with van der Waals surface area (Å²) in [5, 5.41) is 4.23. The van der Waals surface area contributed by atoms with Gasteiger partial charge in [0.25, 0.3) is 5.91 Å². The van der Waals surface area contributed by atoms with Crippen LogP contribution in [0.3, 0.4) is 0 Å². The van der Waals surface area contributed by atoms with Gasteiger partial charge in [-0.15, -0.1) is 0 Å². The molecule has 1 aromatic heterocycles. The number of para-hydroxylation sites is 1. The standard InChI is InChI=1S/C21H22N2O/c1-13-7-9-19-16(11-13)17-12-15(8-10-20(17)22-19)21(24)23-18-6-4-3-5-14(18)2/h3-6,8,10,12-13,22H,7,9,11H2,1-2H3,(H,23,24)/t13-/m1/s1. The third-order valence-electron chi connectivity index (χ3n) is 5.09. The van der Waals surface area contributed by atoms with Gasteiger partial charge in [-0.05, 0) is 67.5 Å². The Morgan fingerprint density at radius 1 is 1.21 bits per heavy atom. The lowest BCUT2D eigenvalue weighted by Gasteiger charge is -2.18. The van der Waals surface area contributed by atoms with Crippen LogP contribution in [-0.4, -0.2) is 10.9 Å². The van der Waals surface area contributed by atoms with E-state index in [0.717, 1.165) is 29.6 Å². The predicted octanol–water partition coefficient (Wildman–Crippen LogP) is 4.85. The van der Waals surface area contributed by atoms with Gasteiger partial charge in [0, 0.05) is 27.8 Å². The van der Waals surface area contributed by atoms with E-state index in [1.54, 1.807) is 0 Å². The van der Waals surface area contributed by atoms with E-state index in [4.69, 9.17) is 0 Å². The van der Waals surface area contributed by atoms with E-state index < -0.39 is 0 Å². The average molecular weight is 318 g/mol. The van der Waals surface area contributed by atoms with E-state index in [-0.39, 0.29) is 5.91 Å². The Labute approximate surface area is 142 Å². The Hall–Kier alpha value is -2.55. The fraction of sp³-hybridized carbons (Fsp3) is 0.286. The highest BCUT2D eigenvalue weighted by Crippen LogP contribution is 2.32. The van der Waals surface area contributed by atoms with Crippen LogP contribution in [-0.2, 0) is 12.8 Å². The third-order valence-corrected chi connectivity index (χ3v) is 5.09. The zero-order valence-electron chi connectivity index (χ0n) is 14.1. The molecule has 1 amide bonds. The number of hydrogen-bond donors (Lipinski definition) is 2. The van der Waals surface area contributed by atoms with E-state index in [1.807, 2.05) is 49.4 Å². The zero-order valence-corrected chi connectivity index (χ0v) is 14.1. The quantitative estimate of drug-likeness (QED) is 0.697. The molecule has 3 heteroatoms. The van der Waals surface area contributed by atoms with E-state index in [2.05, 4.69) is 17.2 Å². The van der Waals surface area contributed by atoms with Crippen molar-refractivity contribution in [3.8, 4) is 0 Å². The predicted molar refractivity (Wildman–Crippen MR) is 98.6 cm³/mol. The van der Waals surface area contributed by atoms with Crippen molar-refractivity contribution in [1.82, 2.24) is 4.98 Å². The van der Waals surface area contributed by atoms with Gasteiger partial charge in [-0.1, -0.05) is 25.1 Å². The van der Waals surface area contributed by atoms with Crippen LogP contribution in [0.2, 0.25) is 0 Å². The van der Waals surface area contributed by atoms with Gasteiger partial charge in [0.1, 0.15) is 0 Å². The average Bonchev–Trinajstić information content (AvgIpc) is 2.94. The van der Waals surface area contributed by atoms with Crippen LogP contribution >= 0.6 is 0 Å². The van der Waals surface area contributed by atoms with E-state index in [9.17, 15) is 4.79 Å². The van der Waals surface area contributed by atoms with Gasteiger partial charge >= 0.3 is 0 Å². The lowest BCUT2D eigenvalue weighted by atomic mass is 9.87. The maximum absolute atomic E-state index is 12.6. The smallest absolute Gasteiger partial charge is 0.255 e. The SMILES string of the molecule is Cc1ccccc1NC(=O)c1ccc2[nH]c3c(c2c1)C[C@H](C)CC3. The van der Waals surface area contributed by atoms with Crippen LogP contribution < -0.4 is 5.32 Å². The molecule has 2 N–H and O–H groups in total. The summed E-state index contributed by atoms with van der Waals surface area (Å²) in [6.07, 6.45) is 3.44. The number of hydrogen-bond acceptors (Lipinski definition) is 1. The molecule has 3 nitrogen and oxygen atoms in total. The van der Waals surface area contributed by atoms with Gasteiger partial charge in [-0.25, -0.2) is 0 Å². The largest absolute Gasteiger partial charge is 0.358 e. The minimum atomic E-state index is -0.0509. The molecule has 0 unspecified atom stereocenters. The molecule has 24 heavy (non-hydrogen) atoms. The first-order valence-electron chi connectivity index (χ1n) is 8.62. The Morgan fingerprint density at radius 2 is 2.04 bits per heavy atom. The Bertz CT molecular complexity index is 923. The maximum atomic E-state index is 12.6. The fourth-order valence-corrected chi connectivity index (χ4v) is 3.64. The van der Waals surface area contributed by atoms with Crippen LogP contribution in [0.5, 0.6) is 0 Å². The van der Waals surface area contributed by atoms with Crippen molar-refractivity contribution in [2.45, 2.75) is 33.1 Å². The molecule has 0 bridgehead atoms. The molecule has 0 radical (unpaired) electrons. The summed E-state index contributed by atoms with van der Waals surface area (Å²) in [6.45, 7) is 4.30. The van der Waals surface area contributed by atoms with Crippen molar-refractivity contribution < 1.29 is 4.79 Å². The minimum Gasteiger partial charge on any atom is -0.358 e. The number of aromatic amines is 1. The van der Waals surface area contributed by atoms with Crippen molar-refractivity contribution in [3.63, 3.8) is 0 Å². The second kappa shape index (κ2) is 5.82. The number of rotatable bonds is 2. The number of anilines is 1. The molecule has 122 valence electrons. The molecule has 4 rings (SSSR count).